The van der Waals surface area contributed by atoms with Crippen LogP contribution in [0.15, 0.2) is 36.5 Å². The van der Waals surface area contributed by atoms with Crippen molar-refractivity contribution in [1.82, 2.24) is 10.3 Å². The molecule has 0 saturated heterocycles. The predicted molar refractivity (Wildman–Crippen MR) is 77.0 cm³/mol. The van der Waals surface area contributed by atoms with E-state index in [9.17, 15) is 14.7 Å². The SMILES string of the molecule is CC(O)C(NC(=O)Nc1cccc2cccnc12)C(=O)O. The summed E-state index contributed by atoms with van der Waals surface area (Å²) in [5.74, 6) is -1.31. The molecule has 0 aliphatic heterocycles. The van der Waals surface area contributed by atoms with Crippen molar-refractivity contribution in [2.24, 2.45) is 0 Å². The number of aliphatic hydroxyl groups excluding tert-OH is 1. The summed E-state index contributed by atoms with van der Waals surface area (Å²) in [5, 5.41) is 23.8. The summed E-state index contributed by atoms with van der Waals surface area (Å²) < 4.78 is 0. The van der Waals surface area contributed by atoms with Gasteiger partial charge in [0.2, 0.25) is 0 Å². The van der Waals surface area contributed by atoms with Crippen LogP contribution < -0.4 is 10.6 Å². The molecule has 21 heavy (non-hydrogen) atoms. The smallest absolute Gasteiger partial charge is 0.328 e. The molecule has 0 aliphatic carbocycles. The van der Waals surface area contributed by atoms with E-state index < -0.39 is 24.1 Å². The van der Waals surface area contributed by atoms with Crippen molar-refractivity contribution in [3.05, 3.63) is 36.5 Å². The Morgan fingerprint density at radius 3 is 2.62 bits per heavy atom. The molecule has 0 fully saturated rings. The minimum Gasteiger partial charge on any atom is -0.480 e. The lowest BCUT2D eigenvalue weighted by molar-refractivity contribution is -0.141. The van der Waals surface area contributed by atoms with Crippen LogP contribution in [0.4, 0.5) is 10.5 Å². The van der Waals surface area contributed by atoms with E-state index in [4.69, 9.17) is 5.11 Å². The number of fused-ring (bicyclic) bond motifs is 1. The number of carboxylic acid groups (broad SMARTS) is 1. The second-order valence-corrected chi connectivity index (χ2v) is 4.54. The van der Waals surface area contributed by atoms with Crippen molar-refractivity contribution < 1.29 is 19.8 Å². The quantitative estimate of drug-likeness (QED) is 0.675. The third-order valence-electron chi connectivity index (χ3n) is 2.92. The molecular weight excluding hydrogens is 274 g/mol. The first-order valence-corrected chi connectivity index (χ1v) is 6.31. The molecule has 110 valence electrons. The molecule has 4 N–H and O–H groups in total. The zero-order chi connectivity index (χ0) is 15.4. The summed E-state index contributed by atoms with van der Waals surface area (Å²) in [7, 11) is 0. The normalized spacial score (nSPS) is 13.4. The number of pyridine rings is 1. The summed E-state index contributed by atoms with van der Waals surface area (Å²) >= 11 is 0. The van der Waals surface area contributed by atoms with Gasteiger partial charge in [-0.1, -0.05) is 18.2 Å². The van der Waals surface area contributed by atoms with Crippen LogP contribution in [-0.2, 0) is 4.79 Å². The molecule has 7 nitrogen and oxygen atoms in total. The van der Waals surface area contributed by atoms with E-state index >= 15 is 0 Å². The summed E-state index contributed by atoms with van der Waals surface area (Å²) in [6.45, 7) is 1.29. The first-order valence-electron chi connectivity index (χ1n) is 6.31. The topological polar surface area (TPSA) is 112 Å². The molecule has 2 aromatic rings. The number of urea groups is 1. The average Bonchev–Trinajstić information content (AvgIpc) is 2.44. The lowest BCUT2D eigenvalue weighted by Crippen LogP contribution is -2.49. The van der Waals surface area contributed by atoms with Gasteiger partial charge in [-0.25, -0.2) is 9.59 Å². The van der Waals surface area contributed by atoms with Gasteiger partial charge in [-0.15, -0.1) is 0 Å². The highest BCUT2D eigenvalue weighted by Crippen LogP contribution is 2.20. The zero-order valence-electron chi connectivity index (χ0n) is 11.3. The Kier molecular flexibility index (Phi) is 4.34. The van der Waals surface area contributed by atoms with E-state index in [0.717, 1.165) is 5.39 Å². The monoisotopic (exact) mass is 289 g/mol. The fraction of sp³-hybridized carbons (Fsp3) is 0.214. The van der Waals surface area contributed by atoms with E-state index in [1.165, 1.54) is 6.92 Å². The maximum Gasteiger partial charge on any atom is 0.328 e. The zero-order valence-corrected chi connectivity index (χ0v) is 11.3. The number of carboxylic acids is 1. The number of aliphatic carboxylic acids is 1. The van der Waals surface area contributed by atoms with E-state index in [2.05, 4.69) is 15.6 Å². The number of para-hydroxylation sites is 1. The highest BCUT2D eigenvalue weighted by Gasteiger charge is 2.25. The number of hydrogen-bond donors (Lipinski definition) is 4. The number of nitrogens with one attached hydrogen (secondary N) is 2. The van der Waals surface area contributed by atoms with Crippen LogP contribution in [0, 0.1) is 0 Å². The van der Waals surface area contributed by atoms with Gasteiger partial charge in [0.15, 0.2) is 6.04 Å². The van der Waals surface area contributed by atoms with Gasteiger partial charge in [-0.3, -0.25) is 4.98 Å². The maximum absolute atomic E-state index is 11.9. The number of anilines is 1. The molecule has 1 aromatic heterocycles. The first-order chi connectivity index (χ1) is 9.99. The van der Waals surface area contributed by atoms with Gasteiger partial charge < -0.3 is 20.8 Å². The summed E-state index contributed by atoms with van der Waals surface area (Å²) in [6, 6.07) is 6.79. The molecule has 0 aliphatic rings. The Hall–Kier alpha value is -2.67. The highest BCUT2D eigenvalue weighted by atomic mass is 16.4. The van der Waals surface area contributed by atoms with E-state index in [1.807, 2.05) is 12.1 Å². The number of carbonyl (C=O) groups is 2. The lowest BCUT2D eigenvalue weighted by Gasteiger charge is -2.17. The van der Waals surface area contributed by atoms with Gasteiger partial charge in [0.25, 0.3) is 0 Å². The van der Waals surface area contributed by atoms with E-state index in [-0.39, 0.29) is 0 Å². The Balaban J connectivity index is 2.17. The van der Waals surface area contributed by atoms with Gasteiger partial charge in [0.1, 0.15) is 0 Å². The number of benzene rings is 1. The summed E-state index contributed by atoms with van der Waals surface area (Å²) in [6.07, 6.45) is 0.389. The molecule has 0 bridgehead atoms. The van der Waals surface area contributed by atoms with Crippen LogP contribution in [0.1, 0.15) is 6.92 Å². The second-order valence-electron chi connectivity index (χ2n) is 4.54. The molecule has 2 unspecified atom stereocenters. The van der Waals surface area contributed by atoms with Crippen molar-refractivity contribution in [2.45, 2.75) is 19.1 Å². The predicted octanol–water partition coefficient (Wildman–Crippen LogP) is 1.19. The van der Waals surface area contributed by atoms with Crippen molar-refractivity contribution in [3.63, 3.8) is 0 Å². The Morgan fingerprint density at radius 1 is 1.24 bits per heavy atom. The third kappa shape index (κ3) is 3.46. The number of aromatic nitrogens is 1. The van der Waals surface area contributed by atoms with E-state index in [0.29, 0.717) is 11.2 Å². The number of rotatable bonds is 4. The van der Waals surface area contributed by atoms with Gasteiger partial charge in [0.05, 0.1) is 17.3 Å². The van der Waals surface area contributed by atoms with Gasteiger partial charge in [-0.2, -0.15) is 0 Å². The van der Waals surface area contributed by atoms with Crippen LogP contribution in [0.2, 0.25) is 0 Å². The fourth-order valence-corrected chi connectivity index (χ4v) is 1.89. The van der Waals surface area contributed by atoms with Gasteiger partial charge >= 0.3 is 12.0 Å². The van der Waals surface area contributed by atoms with E-state index in [1.54, 1.807) is 24.4 Å². The number of carbonyl (C=O) groups excluding carboxylic acids is 1. The summed E-state index contributed by atoms with van der Waals surface area (Å²) in [5.41, 5.74) is 1.06. The Morgan fingerprint density at radius 2 is 1.95 bits per heavy atom. The summed E-state index contributed by atoms with van der Waals surface area (Å²) in [4.78, 5) is 27.0. The molecule has 0 saturated carbocycles. The highest BCUT2D eigenvalue weighted by molar-refractivity contribution is 6.00. The van der Waals surface area contributed by atoms with Crippen LogP contribution >= 0.6 is 0 Å². The molecule has 7 heteroatoms. The standard InChI is InChI=1S/C14H15N3O4/c1-8(18)11(13(19)20)17-14(21)16-10-6-2-4-9-5-3-7-15-12(9)10/h2-8,11,18H,1H3,(H,19,20)(H2,16,17,21). The van der Waals surface area contributed by atoms with Gasteiger partial charge in [-0.05, 0) is 19.1 Å². The first kappa shape index (κ1) is 14.7. The number of hydrogen-bond acceptors (Lipinski definition) is 4. The minimum atomic E-state index is -1.38. The van der Waals surface area contributed by atoms with Gasteiger partial charge in [0, 0.05) is 11.6 Å². The fourth-order valence-electron chi connectivity index (χ4n) is 1.89. The molecule has 2 amide bonds. The lowest BCUT2D eigenvalue weighted by atomic mass is 10.2. The van der Waals surface area contributed by atoms with Crippen molar-refractivity contribution in [1.29, 1.82) is 0 Å². The van der Waals surface area contributed by atoms with Crippen LogP contribution in [0.25, 0.3) is 10.9 Å². The average molecular weight is 289 g/mol. The van der Waals surface area contributed by atoms with Crippen LogP contribution in [0.3, 0.4) is 0 Å². The van der Waals surface area contributed by atoms with Crippen LogP contribution in [0.5, 0.6) is 0 Å². The van der Waals surface area contributed by atoms with Crippen LogP contribution in [-0.4, -0.2) is 39.3 Å². The number of nitrogens with zero attached hydrogens (tertiary/aromatic N) is 1. The molecule has 0 radical (unpaired) electrons. The molecular formula is C14H15N3O4. The number of amides is 2. The van der Waals surface area contributed by atoms with Crippen molar-refractivity contribution in [2.75, 3.05) is 5.32 Å². The maximum atomic E-state index is 11.9. The molecule has 0 spiro atoms. The minimum absolute atomic E-state index is 0.459. The molecule has 2 rings (SSSR count). The Bertz CT molecular complexity index is 667. The second kappa shape index (κ2) is 6.19. The molecule has 1 heterocycles. The third-order valence-corrected chi connectivity index (χ3v) is 2.92. The molecule has 1 aromatic carbocycles. The molecule has 2 atom stereocenters. The van der Waals surface area contributed by atoms with Crippen molar-refractivity contribution >= 4 is 28.6 Å². The number of aliphatic hydroxyl groups is 1. The largest absolute Gasteiger partial charge is 0.480 e. The Labute approximate surface area is 120 Å². The van der Waals surface area contributed by atoms with Crippen molar-refractivity contribution in [3.8, 4) is 0 Å².